The highest BCUT2D eigenvalue weighted by atomic mass is 16.3. The number of aromatic hydroxyl groups is 1. The Kier molecular flexibility index (Phi) is 3.44. The summed E-state index contributed by atoms with van der Waals surface area (Å²) in [6.07, 6.45) is 1.28. The van der Waals surface area contributed by atoms with Gasteiger partial charge in [0.05, 0.1) is 5.69 Å². The Hall–Kier alpha value is -1.84. The van der Waals surface area contributed by atoms with E-state index in [9.17, 15) is 14.7 Å². The second kappa shape index (κ2) is 4.59. The summed E-state index contributed by atoms with van der Waals surface area (Å²) in [5, 5.41) is 12.2. The van der Waals surface area contributed by atoms with Crippen molar-refractivity contribution >= 4 is 17.9 Å². The third-order valence-electron chi connectivity index (χ3n) is 2.04. The Labute approximate surface area is 87.9 Å². The summed E-state index contributed by atoms with van der Waals surface area (Å²) < 4.78 is 0. The molecule has 0 unspecified atom stereocenters. The first-order valence-electron chi connectivity index (χ1n) is 4.67. The van der Waals surface area contributed by atoms with E-state index in [0.29, 0.717) is 23.8 Å². The van der Waals surface area contributed by atoms with E-state index >= 15 is 0 Å². The second-order valence-corrected chi connectivity index (χ2v) is 3.23. The van der Waals surface area contributed by atoms with Crippen LogP contribution >= 0.6 is 0 Å². The highest BCUT2D eigenvalue weighted by Crippen LogP contribution is 2.29. The molecular formula is C11H13NO3. The number of hydrogen-bond donors (Lipinski definition) is 2. The fourth-order valence-corrected chi connectivity index (χ4v) is 1.34. The fraction of sp³-hybridized carbons (Fsp3) is 0.273. The molecule has 0 spiro atoms. The predicted octanol–water partition coefficient (Wildman–Crippen LogP) is 1.73. The number of rotatable bonds is 3. The van der Waals surface area contributed by atoms with Crippen molar-refractivity contribution in [3.63, 3.8) is 0 Å². The minimum atomic E-state index is -0.282. The molecule has 4 heteroatoms. The van der Waals surface area contributed by atoms with Crippen molar-refractivity contribution in [1.29, 1.82) is 0 Å². The molecule has 2 N–H and O–H groups in total. The number of anilines is 1. The molecule has 0 aliphatic rings. The number of benzene rings is 1. The van der Waals surface area contributed by atoms with Gasteiger partial charge in [0.1, 0.15) is 12.0 Å². The Morgan fingerprint density at radius 1 is 1.53 bits per heavy atom. The number of phenolic OH excluding ortho intramolecular Hbond substituents is 1. The lowest BCUT2D eigenvalue weighted by molar-refractivity contribution is -0.114. The maximum atomic E-state index is 10.9. The highest BCUT2D eigenvalue weighted by molar-refractivity contribution is 5.92. The predicted molar refractivity (Wildman–Crippen MR) is 57.2 cm³/mol. The number of amides is 1. The van der Waals surface area contributed by atoms with E-state index in [1.807, 2.05) is 6.92 Å². The van der Waals surface area contributed by atoms with Gasteiger partial charge in [-0.15, -0.1) is 0 Å². The van der Waals surface area contributed by atoms with E-state index in [0.717, 1.165) is 0 Å². The van der Waals surface area contributed by atoms with Crippen LogP contribution in [0.4, 0.5) is 5.69 Å². The van der Waals surface area contributed by atoms with Crippen LogP contribution in [0, 0.1) is 0 Å². The molecule has 80 valence electrons. The molecular weight excluding hydrogens is 194 g/mol. The van der Waals surface area contributed by atoms with Crippen LogP contribution in [0.15, 0.2) is 12.1 Å². The van der Waals surface area contributed by atoms with Gasteiger partial charge in [0.25, 0.3) is 0 Å². The van der Waals surface area contributed by atoms with E-state index in [2.05, 4.69) is 5.32 Å². The van der Waals surface area contributed by atoms with Crippen LogP contribution < -0.4 is 5.32 Å². The lowest BCUT2D eigenvalue weighted by Gasteiger charge is -2.09. The first-order valence-corrected chi connectivity index (χ1v) is 4.67. The number of phenols is 1. The monoisotopic (exact) mass is 207 g/mol. The molecule has 0 radical (unpaired) electrons. The molecule has 4 nitrogen and oxygen atoms in total. The summed E-state index contributed by atoms with van der Waals surface area (Å²) in [6, 6.07) is 3.05. The number of aldehydes is 1. The Bertz CT molecular complexity index is 399. The van der Waals surface area contributed by atoms with Crippen molar-refractivity contribution < 1.29 is 14.7 Å². The summed E-state index contributed by atoms with van der Waals surface area (Å²) in [7, 11) is 0. The SMILES string of the molecule is CCc1cc(C=O)cc(NC(C)=O)c1O. The quantitative estimate of drug-likeness (QED) is 0.586. The summed E-state index contributed by atoms with van der Waals surface area (Å²) in [6.45, 7) is 3.21. The van der Waals surface area contributed by atoms with Crippen molar-refractivity contribution in [3.05, 3.63) is 23.3 Å². The number of carbonyl (C=O) groups is 2. The topological polar surface area (TPSA) is 66.4 Å². The highest BCUT2D eigenvalue weighted by Gasteiger charge is 2.09. The largest absolute Gasteiger partial charge is 0.505 e. The second-order valence-electron chi connectivity index (χ2n) is 3.23. The zero-order chi connectivity index (χ0) is 11.4. The van der Waals surface area contributed by atoms with E-state index in [-0.39, 0.29) is 17.3 Å². The Balaban J connectivity index is 3.23. The van der Waals surface area contributed by atoms with Gasteiger partial charge in [0, 0.05) is 12.5 Å². The average Bonchev–Trinajstić information content (AvgIpc) is 2.20. The summed E-state index contributed by atoms with van der Waals surface area (Å²) in [5.41, 5.74) is 1.36. The van der Waals surface area contributed by atoms with Gasteiger partial charge < -0.3 is 10.4 Å². The molecule has 1 rings (SSSR count). The van der Waals surface area contributed by atoms with Gasteiger partial charge in [-0.25, -0.2) is 0 Å². The number of carbonyl (C=O) groups excluding carboxylic acids is 2. The summed E-state index contributed by atoms with van der Waals surface area (Å²) in [4.78, 5) is 21.5. The van der Waals surface area contributed by atoms with Gasteiger partial charge in [-0.1, -0.05) is 6.92 Å². The minimum absolute atomic E-state index is 0.0262. The van der Waals surface area contributed by atoms with Gasteiger partial charge in [0.2, 0.25) is 5.91 Å². The number of aryl methyl sites for hydroxylation is 1. The van der Waals surface area contributed by atoms with Crippen LogP contribution in [-0.4, -0.2) is 17.3 Å². The van der Waals surface area contributed by atoms with E-state index < -0.39 is 0 Å². The molecule has 0 aromatic heterocycles. The first kappa shape index (κ1) is 11.2. The van der Waals surface area contributed by atoms with Crippen LogP contribution in [0.5, 0.6) is 5.75 Å². The van der Waals surface area contributed by atoms with Crippen LogP contribution in [-0.2, 0) is 11.2 Å². The third kappa shape index (κ3) is 2.56. The van der Waals surface area contributed by atoms with Gasteiger partial charge in [-0.2, -0.15) is 0 Å². The maximum absolute atomic E-state index is 10.9. The van der Waals surface area contributed by atoms with Gasteiger partial charge >= 0.3 is 0 Å². The van der Waals surface area contributed by atoms with Gasteiger partial charge in [-0.05, 0) is 24.1 Å². The minimum Gasteiger partial charge on any atom is -0.505 e. The molecule has 0 saturated heterocycles. The van der Waals surface area contributed by atoms with Gasteiger partial charge in [0.15, 0.2) is 0 Å². The molecule has 15 heavy (non-hydrogen) atoms. The van der Waals surface area contributed by atoms with Gasteiger partial charge in [-0.3, -0.25) is 9.59 Å². The maximum Gasteiger partial charge on any atom is 0.221 e. The van der Waals surface area contributed by atoms with Crippen molar-refractivity contribution in [2.24, 2.45) is 0 Å². The summed E-state index contributed by atoms with van der Waals surface area (Å²) >= 11 is 0. The molecule has 0 aliphatic carbocycles. The standard InChI is InChI=1S/C11H13NO3/c1-3-9-4-8(6-13)5-10(11(9)15)12-7(2)14/h4-6,15H,3H2,1-2H3,(H,12,14). The van der Waals surface area contributed by atoms with Crippen molar-refractivity contribution in [2.75, 3.05) is 5.32 Å². The molecule has 0 bridgehead atoms. The number of nitrogens with one attached hydrogen (secondary N) is 1. The van der Waals surface area contributed by atoms with Crippen LogP contribution in [0.25, 0.3) is 0 Å². The van der Waals surface area contributed by atoms with Crippen LogP contribution in [0.3, 0.4) is 0 Å². The van der Waals surface area contributed by atoms with Crippen LogP contribution in [0.1, 0.15) is 29.8 Å². The molecule has 0 saturated carbocycles. The molecule has 0 fully saturated rings. The smallest absolute Gasteiger partial charge is 0.221 e. The average molecular weight is 207 g/mol. The first-order chi connectivity index (χ1) is 7.08. The zero-order valence-electron chi connectivity index (χ0n) is 8.70. The molecule has 1 aromatic rings. The fourth-order valence-electron chi connectivity index (χ4n) is 1.34. The lowest BCUT2D eigenvalue weighted by Crippen LogP contribution is -2.07. The molecule has 0 atom stereocenters. The van der Waals surface area contributed by atoms with E-state index in [1.165, 1.54) is 13.0 Å². The van der Waals surface area contributed by atoms with Crippen molar-refractivity contribution in [1.82, 2.24) is 0 Å². The van der Waals surface area contributed by atoms with Crippen molar-refractivity contribution in [3.8, 4) is 5.75 Å². The summed E-state index contributed by atoms with van der Waals surface area (Å²) in [5.74, 6) is -0.256. The zero-order valence-corrected chi connectivity index (χ0v) is 8.70. The Morgan fingerprint density at radius 2 is 2.20 bits per heavy atom. The Morgan fingerprint density at radius 3 is 2.67 bits per heavy atom. The molecule has 1 aromatic carbocycles. The van der Waals surface area contributed by atoms with Crippen molar-refractivity contribution in [2.45, 2.75) is 20.3 Å². The molecule has 1 amide bonds. The molecule has 0 heterocycles. The lowest BCUT2D eigenvalue weighted by atomic mass is 10.1. The third-order valence-corrected chi connectivity index (χ3v) is 2.04. The normalized spacial score (nSPS) is 9.73. The number of hydrogen-bond acceptors (Lipinski definition) is 3. The van der Waals surface area contributed by atoms with E-state index in [4.69, 9.17) is 0 Å². The van der Waals surface area contributed by atoms with Crippen LogP contribution in [0.2, 0.25) is 0 Å². The molecule has 0 aliphatic heterocycles. The van der Waals surface area contributed by atoms with E-state index in [1.54, 1.807) is 6.07 Å².